The molecule has 112 valence electrons. The van der Waals surface area contributed by atoms with Gasteiger partial charge in [0.2, 0.25) is 0 Å². The van der Waals surface area contributed by atoms with Gasteiger partial charge in [-0.2, -0.15) is 0 Å². The third-order valence-electron chi connectivity index (χ3n) is 5.24. The molecule has 0 unspecified atom stereocenters. The Morgan fingerprint density at radius 3 is 2.15 bits per heavy atom. The molecule has 0 radical (unpaired) electrons. The molecule has 1 fully saturated rings. The fourth-order valence-electron chi connectivity index (χ4n) is 3.47. The van der Waals surface area contributed by atoms with Crippen molar-refractivity contribution in [2.75, 3.05) is 6.54 Å². The Bertz CT molecular complexity index is 428. The van der Waals surface area contributed by atoms with Gasteiger partial charge in [0.05, 0.1) is 0 Å². The van der Waals surface area contributed by atoms with E-state index in [4.69, 9.17) is 0 Å². The van der Waals surface area contributed by atoms with Crippen LogP contribution < -0.4 is 5.32 Å². The number of nitrogens with one attached hydrogen (secondary N) is 1. The quantitative estimate of drug-likeness (QED) is 0.803. The van der Waals surface area contributed by atoms with E-state index in [0.717, 1.165) is 18.4 Å². The molecule has 1 aliphatic carbocycles. The van der Waals surface area contributed by atoms with Crippen LogP contribution in [-0.2, 0) is 6.54 Å². The highest BCUT2D eigenvalue weighted by molar-refractivity contribution is 5.36. The average Bonchev–Trinajstić information content (AvgIpc) is 2.45. The highest BCUT2D eigenvalue weighted by Gasteiger charge is 2.19. The van der Waals surface area contributed by atoms with Gasteiger partial charge in [-0.3, -0.25) is 0 Å². The molecule has 20 heavy (non-hydrogen) atoms. The summed E-state index contributed by atoms with van der Waals surface area (Å²) in [6, 6.07) is 4.67. The van der Waals surface area contributed by atoms with Crippen molar-refractivity contribution in [3.63, 3.8) is 0 Å². The fraction of sp³-hybridized carbons (Fsp3) is 0.684. The van der Waals surface area contributed by atoms with E-state index in [2.05, 4.69) is 45.1 Å². The Morgan fingerprint density at radius 2 is 1.50 bits per heavy atom. The Balaban J connectivity index is 1.78. The van der Waals surface area contributed by atoms with Gasteiger partial charge in [0.25, 0.3) is 0 Å². The molecule has 1 saturated carbocycles. The van der Waals surface area contributed by atoms with E-state index >= 15 is 0 Å². The minimum atomic E-state index is 0.907. The number of hydrogen-bond donors (Lipinski definition) is 1. The standard InChI is InChI=1S/C19H31N/c1-5-17-6-8-18(9-7-17)12-20-13-19-11-15(3)14(2)10-16(19)4/h10-11,17-18,20H,5-9,12-13H2,1-4H3. The largest absolute Gasteiger partial charge is 0.312 e. The normalized spacial score (nSPS) is 23.0. The number of rotatable bonds is 5. The van der Waals surface area contributed by atoms with Crippen molar-refractivity contribution in [2.24, 2.45) is 11.8 Å². The summed E-state index contributed by atoms with van der Waals surface area (Å²) in [7, 11) is 0. The highest BCUT2D eigenvalue weighted by Crippen LogP contribution is 2.30. The second-order valence-corrected chi connectivity index (χ2v) is 6.79. The SMILES string of the molecule is CCC1CCC(CNCc2cc(C)c(C)cc2C)CC1. The lowest BCUT2D eigenvalue weighted by Gasteiger charge is -2.28. The summed E-state index contributed by atoms with van der Waals surface area (Å²) in [6.07, 6.45) is 7.13. The van der Waals surface area contributed by atoms with Gasteiger partial charge in [-0.15, -0.1) is 0 Å². The van der Waals surface area contributed by atoms with Crippen LogP contribution in [0.3, 0.4) is 0 Å². The minimum absolute atomic E-state index is 0.907. The molecule has 0 aromatic heterocycles. The monoisotopic (exact) mass is 273 g/mol. The molecular formula is C19H31N. The molecule has 1 aromatic rings. The van der Waals surface area contributed by atoms with Crippen molar-refractivity contribution in [2.45, 2.75) is 66.3 Å². The van der Waals surface area contributed by atoms with Crippen LogP contribution in [0.5, 0.6) is 0 Å². The molecule has 0 amide bonds. The number of aryl methyl sites for hydroxylation is 3. The average molecular weight is 273 g/mol. The Labute approximate surface area is 125 Å². The van der Waals surface area contributed by atoms with Gasteiger partial charge < -0.3 is 5.32 Å². The maximum Gasteiger partial charge on any atom is 0.0208 e. The first kappa shape index (κ1) is 15.6. The summed E-state index contributed by atoms with van der Waals surface area (Å²) in [6.45, 7) is 11.2. The number of hydrogen-bond acceptors (Lipinski definition) is 1. The van der Waals surface area contributed by atoms with Gasteiger partial charge in [0.1, 0.15) is 0 Å². The first-order valence-corrected chi connectivity index (χ1v) is 8.37. The molecule has 1 heteroatoms. The second kappa shape index (κ2) is 7.26. The first-order chi connectivity index (χ1) is 9.60. The Morgan fingerprint density at radius 1 is 0.900 bits per heavy atom. The summed E-state index contributed by atoms with van der Waals surface area (Å²) in [5, 5.41) is 3.69. The van der Waals surface area contributed by atoms with Crippen molar-refractivity contribution in [1.82, 2.24) is 5.32 Å². The molecule has 1 aliphatic rings. The molecule has 2 rings (SSSR count). The zero-order valence-corrected chi connectivity index (χ0v) is 13.8. The van der Waals surface area contributed by atoms with E-state index in [1.165, 1.54) is 60.9 Å². The molecule has 0 atom stereocenters. The van der Waals surface area contributed by atoms with Gasteiger partial charge in [0.15, 0.2) is 0 Å². The molecule has 1 nitrogen and oxygen atoms in total. The Kier molecular flexibility index (Phi) is 5.65. The lowest BCUT2D eigenvalue weighted by atomic mass is 9.81. The zero-order chi connectivity index (χ0) is 14.5. The third kappa shape index (κ3) is 4.09. The molecule has 0 spiro atoms. The molecule has 1 N–H and O–H groups in total. The maximum absolute atomic E-state index is 3.69. The molecule has 0 bridgehead atoms. The summed E-state index contributed by atoms with van der Waals surface area (Å²) in [4.78, 5) is 0. The summed E-state index contributed by atoms with van der Waals surface area (Å²) in [5.41, 5.74) is 5.71. The van der Waals surface area contributed by atoms with Crippen molar-refractivity contribution < 1.29 is 0 Å². The van der Waals surface area contributed by atoms with Gasteiger partial charge in [-0.25, -0.2) is 0 Å². The van der Waals surface area contributed by atoms with Crippen LogP contribution in [0.15, 0.2) is 12.1 Å². The lowest BCUT2D eigenvalue weighted by molar-refractivity contribution is 0.262. The van der Waals surface area contributed by atoms with Crippen LogP contribution in [0, 0.1) is 32.6 Å². The first-order valence-electron chi connectivity index (χ1n) is 8.37. The van der Waals surface area contributed by atoms with E-state index in [9.17, 15) is 0 Å². The van der Waals surface area contributed by atoms with E-state index in [0.29, 0.717) is 0 Å². The molecular weight excluding hydrogens is 242 g/mol. The van der Waals surface area contributed by atoms with Gasteiger partial charge >= 0.3 is 0 Å². The lowest BCUT2D eigenvalue weighted by Crippen LogP contribution is -2.26. The van der Waals surface area contributed by atoms with Gasteiger partial charge in [0, 0.05) is 6.54 Å². The maximum atomic E-state index is 3.69. The van der Waals surface area contributed by atoms with Crippen LogP contribution in [0.1, 0.15) is 61.3 Å². The highest BCUT2D eigenvalue weighted by atomic mass is 14.9. The van der Waals surface area contributed by atoms with Gasteiger partial charge in [-0.1, -0.05) is 38.3 Å². The van der Waals surface area contributed by atoms with Crippen molar-refractivity contribution in [3.8, 4) is 0 Å². The smallest absolute Gasteiger partial charge is 0.0208 e. The van der Waals surface area contributed by atoms with E-state index in [1.54, 1.807) is 0 Å². The fourth-order valence-corrected chi connectivity index (χ4v) is 3.47. The van der Waals surface area contributed by atoms with Crippen molar-refractivity contribution in [1.29, 1.82) is 0 Å². The Hall–Kier alpha value is -0.820. The van der Waals surface area contributed by atoms with Crippen LogP contribution >= 0.6 is 0 Å². The molecule has 0 heterocycles. The molecule has 0 aliphatic heterocycles. The molecule has 0 saturated heterocycles. The topological polar surface area (TPSA) is 12.0 Å². The third-order valence-corrected chi connectivity index (χ3v) is 5.24. The van der Waals surface area contributed by atoms with Crippen molar-refractivity contribution >= 4 is 0 Å². The zero-order valence-electron chi connectivity index (χ0n) is 13.8. The minimum Gasteiger partial charge on any atom is -0.312 e. The predicted molar refractivity (Wildman–Crippen MR) is 88.1 cm³/mol. The second-order valence-electron chi connectivity index (χ2n) is 6.79. The predicted octanol–water partition coefficient (Wildman–Crippen LogP) is 4.92. The van der Waals surface area contributed by atoms with Gasteiger partial charge in [-0.05, 0) is 74.2 Å². The van der Waals surface area contributed by atoms with Crippen LogP contribution in [0.2, 0.25) is 0 Å². The summed E-state index contributed by atoms with van der Waals surface area (Å²) >= 11 is 0. The molecule has 1 aromatic carbocycles. The van der Waals surface area contributed by atoms with Crippen LogP contribution in [0.4, 0.5) is 0 Å². The summed E-state index contributed by atoms with van der Waals surface area (Å²) in [5.74, 6) is 1.91. The van der Waals surface area contributed by atoms with E-state index < -0.39 is 0 Å². The van der Waals surface area contributed by atoms with Crippen molar-refractivity contribution in [3.05, 3.63) is 34.4 Å². The van der Waals surface area contributed by atoms with Crippen LogP contribution in [-0.4, -0.2) is 6.54 Å². The number of benzene rings is 1. The van der Waals surface area contributed by atoms with E-state index in [-0.39, 0.29) is 0 Å². The van der Waals surface area contributed by atoms with E-state index in [1.807, 2.05) is 0 Å². The van der Waals surface area contributed by atoms with Crippen LogP contribution in [0.25, 0.3) is 0 Å². The summed E-state index contributed by atoms with van der Waals surface area (Å²) < 4.78 is 0.